The summed E-state index contributed by atoms with van der Waals surface area (Å²) in [6.07, 6.45) is 2.99. The van der Waals surface area contributed by atoms with Gasteiger partial charge in [0.15, 0.2) is 0 Å². The van der Waals surface area contributed by atoms with Crippen LogP contribution in [0, 0.1) is 0 Å². The van der Waals surface area contributed by atoms with E-state index in [2.05, 4.69) is 25.9 Å². The van der Waals surface area contributed by atoms with E-state index >= 15 is 0 Å². The van der Waals surface area contributed by atoms with Crippen LogP contribution in [0.15, 0.2) is 15.8 Å². The van der Waals surface area contributed by atoms with Crippen molar-refractivity contribution >= 4 is 32.5 Å². The maximum atomic E-state index is 10.8. The number of nitrogens with zero attached hydrogens (tertiary/aromatic N) is 2. The number of halogens is 1. The summed E-state index contributed by atoms with van der Waals surface area (Å²) in [5.41, 5.74) is 5.43. The second kappa shape index (κ2) is 3.27. The third-order valence-electron chi connectivity index (χ3n) is 1.01. The van der Waals surface area contributed by atoms with Crippen LogP contribution in [-0.2, 0) is 10.8 Å². The van der Waals surface area contributed by atoms with Gasteiger partial charge in [0.1, 0.15) is 5.82 Å². The normalized spacial score (nSPS) is 12.9. The highest BCUT2D eigenvalue weighted by atomic mass is 79.9. The molecule has 1 atom stereocenters. The van der Waals surface area contributed by atoms with Gasteiger partial charge in [-0.15, -0.1) is 0 Å². The van der Waals surface area contributed by atoms with Crippen LogP contribution in [0.5, 0.6) is 0 Å². The maximum Gasteiger partial charge on any atom is 0.220 e. The van der Waals surface area contributed by atoms with E-state index in [1.807, 2.05) is 0 Å². The van der Waals surface area contributed by atoms with Crippen molar-refractivity contribution in [3.05, 3.63) is 10.7 Å². The summed E-state index contributed by atoms with van der Waals surface area (Å²) in [5, 5.41) is 0.255. The van der Waals surface area contributed by atoms with Gasteiger partial charge in [0, 0.05) is 12.5 Å². The van der Waals surface area contributed by atoms with Crippen LogP contribution < -0.4 is 5.73 Å². The number of nitrogens with two attached hydrogens (primary N) is 1. The van der Waals surface area contributed by atoms with E-state index in [4.69, 9.17) is 5.73 Å². The molecule has 4 nitrogen and oxygen atoms in total. The molecule has 0 fully saturated rings. The van der Waals surface area contributed by atoms with Gasteiger partial charge in [-0.05, 0) is 15.9 Å². The molecule has 0 spiro atoms. The van der Waals surface area contributed by atoms with Crippen molar-refractivity contribution in [3.8, 4) is 0 Å². The highest BCUT2D eigenvalue weighted by Gasteiger charge is 2.03. The lowest BCUT2D eigenvalue weighted by Gasteiger charge is -1.97. The van der Waals surface area contributed by atoms with Gasteiger partial charge < -0.3 is 5.73 Å². The van der Waals surface area contributed by atoms with Gasteiger partial charge in [-0.3, -0.25) is 4.21 Å². The third-order valence-corrected chi connectivity index (χ3v) is 2.33. The first-order chi connectivity index (χ1) is 5.11. The first-order valence-electron chi connectivity index (χ1n) is 2.72. The molecule has 0 aromatic carbocycles. The van der Waals surface area contributed by atoms with Crippen molar-refractivity contribution in [1.82, 2.24) is 9.97 Å². The minimum absolute atomic E-state index is 0.255. The van der Waals surface area contributed by atoms with Gasteiger partial charge >= 0.3 is 0 Å². The number of hydrogen-bond donors (Lipinski definition) is 1. The molecule has 0 saturated carbocycles. The summed E-state index contributed by atoms with van der Waals surface area (Å²) in [6, 6.07) is 0. The molecule has 2 N–H and O–H groups in total. The summed E-state index contributed by atoms with van der Waals surface area (Å²) in [5.74, 6) is 0.310. The summed E-state index contributed by atoms with van der Waals surface area (Å²) < 4.78 is 11.4. The number of aromatic nitrogens is 2. The number of hydrogen-bond acceptors (Lipinski definition) is 4. The Morgan fingerprint density at radius 2 is 2.36 bits per heavy atom. The Bertz CT molecular complexity index is 304. The second-order valence-corrected chi connectivity index (χ2v) is 3.97. The van der Waals surface area contributed by atoms with Crippen LogP contribution in [0.3, 0.4) is 0 Å². The zero-order valence-electron chi connectivity index (χ0n) is 5.74. The minimum Gasteiger partial charge on any atom is -0.383 e. The van der Waals surface area contributed by atoms with E-state index in [1.54, 1.807) is 0 Å². The maximum absolute atomic E-state index is 10.8. The summed E-state index contributed by atoms with van der Waals surface area (Å²) >= 11 is 3.13. The summed E-state index contributed by atoms with van der Waals surface area (Å²) in [6.45, 7) is 0. The van der Waals surface area contributed by atoms with Crippen LogP contribution in [-0.4, -0.2) is 20.4 Å². The lowest BCUT2D eigenvalue weighted by Crippen LogP contribution is -2.00. The molecule has 1 aromatic heterocycles. The van der Waals surface area contributed by atoms with E-state index in [0.29, 0.717) is 10.3 Å². The topological polar surface area (TPSA) is 68.9 Å². The first-order valence-corrected chi connectivity index (χ1v) is 5.08. The molecule has 0 amide bonds. The van der Waals surface area contributed by atoms with Gasteiger partial charge in [0.25, 0.3) is 0 Å². The molecular formula is C5H6BrN3OS. The molecule has 0 bridgehead atoms. The fourth-order valence-corrected chi connectivity index (χ4v) is 1.12. The quantitative estimate of drug-likeness (QED) is 0.723. The third kappa shape index (κ3) is 1.97. The Morgan fingerprint density at radius 3 is 2.82 bits per heavy atom. The largest absolute Gasteiger partial charge is 0.383 e. The van der Waals surface area contributed by atoms with Gasteiger partial charge in [-0.25, -0.2) is 9.97 Å². The Labute approximate surface area is 74.8 Å². The van der Waals surface area contributed by atoms with Crippen LogP contribution in [0.2, 0.25) is 0 Å². The van der Waals surface area contributed by atoms with Crippen molar-refractivity contribution in [2.75, 3.05) is 12.0 Å². The number of nitrogen functional groups attached to an aromatic ring is 1. The minimum atomic E-state index is -1.17. The van der Waals surface area contributed by atoms with Crippen molar-refractivity contribution in [1.29, 1.82) is 0 Å². The van der Waals surface area contributed by atoms with Crippen LogP contribution in [0.4, 0.5) is 5.82 Å². The zero-order chi connectivity index (χ0) is 8.43. The van der Waals surface area contributed by atoms with Gasteiger partial charge in [0.2, 0.25) is 5.16 Å². The Morgan fingerprint density at radius 1 is 1.73 bits per heavy atom. The van der Waals surface area contributed by atoms with Gasteiger partial charge in [-0.1, -0.05) is 0 Å². The van der Waals surface area contributed by atoms with Gasteiger partial charge in [0.05, 0.1) is 15.3 Å². The number of anilines is 1. The molecule has 6 heteroatoms. The molecule has 0 radical (unpaired) electrons. The molecule has 0 saturated heterocycles. The average molecular weight is 236 g/mol. The fraction of sp³-hybridized carbons (Fsp3) is 0.200. The predicted molar refractivity (Wildman–Crippen MR) is 46.5 cm³/mol. The molecule has 1 aromatic rings. The smallest absolute Gasteiger partial charge is 0.220 e. The lowest BCUT2D eigenvalue weighted by molar-refractivity contribution is 0.679. The van der Waals surface area contributed by atoms with Crippen molar-refractivity contribution < 1.29 is 4.21 Å². The summed E-state index contributed by atoms with van der Waals surface area (Å²) in [4.78, 5) is 7.59. The molecule has 11 heavy (non-hydrogen) atoms. The molecule has 1 rings (SSSR count). The molecular weight excluding hydrogens is 230 g/mol. The second-order valence-electron chi connectivity index (χ2n) is 1.84. The van der Waals surface area contributed by atoms with Crippen LogP contribution >= 0.6 is 15.9 Å². The molecule has 1 unspecified atom stereocenters. The van der Waals surface area contributed by atoms with Crippen LogP contribution in [0.1, 0.15) is 0 Å². The Hall–Kier alpha value is -0.490. The first kappa shape index (κ1) is 8.61. The molecule has 0 aliphatic carbocycles. The predicted octanol–water partition coefficient (Wildman–Crippen LogP) is 0.559. The monoisotopic (exact) mass is 235 g/mol. The molecule has 0 aliphatic heterocycles. The zero-order valence-corrected chi connectivity index (χ0v) is 8.15. The molecule has 0 aliphatic rings. The van der Waals surface area contributed by atoms with E-state index in [9.17, 15) is 4.21 Å². The Balaban J connectivity index is 3.15. The van der Waals surface area contributed by atoms with Crippen molar-refractivity contribution in [3.63, 3.8) is 0 Å². The molecule has 1 heterocycles. The summed E-state index contributed by atoms with van der Waals surface area (Å²) in [7, 11) is -1.17. The van der Waals surface area contributed by atoms with Crippen molar-refractivity contribution in [2.45, 2.75) is 5.16 Å². The Kier molecular flexibility index (Phi) is 2.56. The SMILES string of the molecule is CS(=O)c1ncc(Br)c(N)n1. The van der Waals surface area contributed by atoms with Crippen LogP contribution in [0.25, 0.3) is 0 Å². The molecule has 60 valence electrons. The lowest BCUT2D eigenvalue weighted by atomic mass is 10.6. The van der Waals surface area contributed by atoms with E-state index < -0.39 is 10.8 Å². The van der Waals surface area contributed by atoms with E-state index in [-0.39, 0.29) is 5.16 Å². The van der Waals surface area contributed by atoms with Crippen molar-refractivity contribution in [2.24, 2.45) is 0 Å². The van der Waals surface area contributed by atoms with E-state index in [0.717, 1.165) is 0 Å². The fourth-order valence-electron chi connectivity index (χ4n) is 0.502. The highest BCUT2D eigenvalue weighted by molar-refractivity contribution is 9.10. The van der Waals surface area contributed by atoms with E-state index in [1.165, 1.54) is 12.5 Å². The average Bonchev–Trinajstić information content (AvgIpc) is 1.94. The van der Waals surface area contributed by atoms with Gasteiger partial charge in [-0.2, -0.15) is 0 Å². The highest BCUT2D eigenvalue weighted by Crippen LogP contribution is 2.15. The standard InChI is InChI=1S/C5H6BrN3OS/c1-11(10)5-8-2-3(6)4(7)9-5/h2H,1H3,(H2,7,8,9). The number of rotatable bonds is 1.